The van der Waals surface area contributed by atoms with E-state index in [4.69, 9.17) is 5.73 Å². The summed E-state index contributed by atoms with van der Waals surface area (Å²) >= 11 is 0. The molecule has 0 aromatic heterocycles. The Morgan fingerprint density at radius 2 is 1.71 bits per heavy atom. The zero-order valence-corrected chi connectivity index (χ0v) is 8.37. The average molecular weight is 188 g/mol. The van der Waals surface area contributed by atoms with E-state index >= 15 is 0 Å². The molecule has 2 N–H and O–H groups in total. The molecule has 1 heterocycles. The molecular weight excluding hydrogens is 172 g/mol. The van der Waals surface area contributed by atoms with Crippen molar-refractivity contribution in [3.8, 4) is 0 Å². The van der Waals surface area contributed by atoms with Gasteiger partial charge in [-0.25, -0.2) is 0 Å². The number of likely N-dealkylation sites (tertiary alicyclic amines) is 1. The van der Waals surface area contributed by atoms with E-state index in [0.717, 1.165) is 24.5 Å². The third-order valence-corrected chi connectivity index (χ3v) is 2.73. The van der Waals surface area contributed by atoms with Crippen molar-refractivity contribution in [1.82, 2.24) is 4.90 Å². The highest BCUT2D eigenvalue weighted by Gasteiger charge is 2.13. The summed E-state index contributed by atoms with van der Waals surface area (Å²) < 4.78 is 0. The summed E-state index contributed by atoms with van der Waals surface area (Å²) in [7, 11) is 0. The van der Waals surface area contributed by atoms with E-state index in [9.17, 15) is 0 Å². The van der Waals surface area contributed by atoms with Gasteiger partial charge in [0.05, 0.1) is 0 Å². The molecule has 1 aliphatic heterocycles. The number of anilines is 1. The molecule has 1 saturated heterocycles. The highest BCUT2D eigenvalue weighted by molar-refractivity contribution is 5.63. The SMILES string of the molecule is C=C(c1ccc(N)cc1)N1CCCC1. The van der Waals surface area contributed by atoms with Crippen LogP contribution in [0, 0.1) is 0 Å². The second kappa shape index (κ2) is 3.74. The second-order valence-electron chi connectivity index (χ2n) is 3.76. The van der Waals surface area contributed by atoms with Crippen LogP contribution in [0.25, 0.3) is 5.70 Å². The fourth-order valence-electron chi connectivity index (χ4n) is 1.85. The predicted octanol–water partition coefficient (Wildman–Crippen LogP) is 2.34. The van der Waals surface area contributed by atoms with E-state index in [0.29, 0.717) is 0 Å². The molecule has 1 aromatic carbocycles. The minimum Gasteiger partial charge on any atom is -0.399 e. The van der Waals surface area contributed by atoms with E-state index < -0.39 is 0 Å². The third kappa shape index (κ3) is 1.74. The molecule has 0 aliphatic carbocycles. The molecule has 74 valence electrons. The molecule has 1 fully saturated rings. The number of nitrogens with two attached hydrogens (primary N) is 1. The highest BCUT2D eigenvalue weighted by Crippen LogP contribution is 2.22. The molecule has 2 rings (SSSR count). The summed E-state index contributed by atoms with van der Waals surface area (Å²) in [6.07, 6.45) is 2.57. The molecule has 14 heavy (non-hydrogen) atoms. The van der Waals surface area contributed by atoms with Crippen LogP contribution in [0.5, 0.6) is 0 Å². The minimum absolute atomic E-state index is 0.808. The molecule has 1 aromatic rings. The number of nitrogens with zero attached hydrogens (tertiary/aromatic N) is 1. The Balaban J connectivity index is 2.14. The molecule has 0 saturated carbocycles. The molecule has 0 radical (unpaired) electrons. The van der Waals surface area contributed by atoms with Gasteiger partial charge in [-0.05, 0) is 30.5 Å². The van der Waals surface area contributed by atoms with E-state index in [-0.39, 0.29) is 0 Å². The number of benzene rings is 1. The Bertz CT molecular complexity index is 321. The van der Waals surface area contributed by atoms with Crippen LogP contribution >= 0.6 is 0 Å². The Kier molecular flexibility index (Phi) is 2.44. The van der Waals surface area contributed by atoms with Gasteiger partial charge in [-0.3, -0.25) is 0 Å². The summed E-state index contributed by atoms with van der Waals surface area (Å²) in [5.41, 5.74) is 8.75. The van der Waals surface area contributed by atoms with Crippen molar-refractivity contribution in [3.05, 3.63) is 36.4 Å². The lowest BCUT2D eigenvalue weighted by molar-refractivity contribution is 0.494. The summed E-state index contributed by atoms with van der Waals surface area (Å²) in [4.78, 5) is 2.34. The Morgan fingerprint density at radius 3 is 2.29 bits per heavy atom. The maximum absolute atomic E-state index is 5.64. The van der Waals surface area contributed by atoms with Crippen LogP contribution < -0.4 is 5.73 Å². The zero-order valence-electron chi connectivity index (χ0n) is 8.37. The van der Waals surface area contributed by atoms with Crippen molar-refractivity contribution in [2.75, 3.05) is 18.8 Å². The van der Waals surface area contributed by atoms with Crippen molar-refractivity contribution in [1.29, 1.82) is 0 Å². The maximum Gasteiger partial charge on any atom is 0.0366 e. The fourth-order valence-corrected chi connectivity index (χ4v) is 1.85. The molecule has 0 amide bonds. The summed E-state index contributed by atoms with van der Waals surface area (Å²) in [6, 6.07) is 7.93. The fraction of sp³-hybridized carbons (Fsp3) is 0.333. The molecule has 0 atom stereocenters. The first-order valence-corrected chi connectivity index (χ1v) is 5.07. The Morgan fingerprint density at radius 1 is 1.14 bits per heavy atom. The van der Waals surface area contributed by atoms with Crippen LogP contribution in [0.3, 0.4) is 0 Å². The Hall–Kier alpha value is -1.44. The molecule has 0 bridgehead atoms. The lowest BCUT2D eigenvalue weighted by Crippen LogP contribution is -2.16. The second-order valence-corrected chi connectivity index (χ2v) is 3.76. The number of hydrogen-bond donors (Lipinski definition) is 1. The van der Waals surface area contributed by atoms with E-state index in [1.54, 1.807) is 0 Å². The van der Waals surface area contributed by atoms with Gasteiger partial charge in [-0.1, -0.05) is 18.7 Å². The number of hydrogen-bond acceptors (Lipinski definition) is 2. The standard InChI is InChI=1S/C12H16N2/c1-10(14-8-2-3-9-14)11-4-6-12(13)7-5-11/h4-7H,1-3,8-9,13H2. The Labute approximate surface area is 85.0 Å². The van der Waals surface area contributed by atoms with Crippen LogP contribution in [0.1, 0.15) is 18.4 Å². The van der Waals surface area contributed by atoms with Crippen molar-refractivity contribution >= 4 is 11.4 Å². The third-order valence-electron chi connectivity index (χ3n) is 2.73. The van der Waals surface area contributed by atoms with Gasteiger partial charge >= 0.3 is 0 Å². The van der Waals surface area contributed by atoms with Crippen LogP contribution in [0.2, 0.25) is 0 Å². The molecular formula is C12H16N2. The van der Waals surface area contributed by atoms with E-state index in [2.05, 4.69) is 11.5 Å². The lowest BCUT2D eigenvalue weighted by Gasteiger charge is -2.20. The van der Waals surface area contributed by atoms with Gasteiger partial charge in [0.1, 0.15) is 0 Å². The van der Waals surface area contributed by atoms with Crippen molar-refractivity contribution in [3.63, 3.8) is 0 Å². The van der Waals surface area contributed by atoms with Gasteiger partial charge in [-0.2, -0.15) is 0 Å². The number of rotatable bonds is 2. The number of nitrogen functional groups attached to an aromatic ring is 1. The largest absolute Gasteiger partial charge is 0.399 e. The predicted molar refractivity (Wildman–Crippen MR) is 60.7 cm³/mol. The van der Waals surface area contributed by atoms with Crippen LogP contribution in [0.4, 0.5) is 5.69 Å². The first-order valence-electron chi connectivity index (χ1n) is 5.07. The summed E-state index contributed by atoms with van der Waals surface area (Å²) in [5.74, 6) is 0. The van der Waals surface area contributed by atoms with Crippen molar-refractivity contribution in [2.45, 2.75) is 12.8 Å². The molecule has 2 nitrogen and oxygen atoms in total. The van der Waals surface area contributed by atoms with Gasteiger partial charge in [0.2, 0.25) is 0 Å². The zero-order chi connectivity index (χ0) is 9.97. The van der Waals surface area contributed by atoms with Crippen molar-refractivity contribution < 1.29 is 0 Å². The molecule has 2 heteroatoms. The van der Waals surface area contributed by atoms with E-state index in [1.807, 2.05) is 24.3 Å². The minimum atomic E-state index is 0.808. The normalized spacial score (nSPS) is 15.9. The lowest BCUT2D eigenvalue weighted by atomic mass is 10.1. The van der Waals surface area contributed by atoms with E-state index in [1.165, 1.54) is 18.4 Å². The first-order chi connectivity index (χ1) is 6.77. The molecule has 0 unspecified atom stereocenters. The monoisotopic (exact) mass is 188 g/mol. The van der Waals surface area contributed by atoms with Crippen molar-refractivity contribution in [2.24, 2.45) is 0 Å². The van der Waals surface area contributed by atoms with Crippen LogP contribution in [-0.4, -0.2) is 18.0 Å². The smallest absolute Gasteiger partial charge is 0.0366 e. The van der Waals surface area contributed by atoms with Crippen LogP contribution in [-0.2, 0) is 0 Å². The van der Waals surface area contributed by atoms with Gasteiger partial charge in [0.25, 0.3) is 0 Å². The van der Waals surface area contributed by atoms with Crippen LogP contribution in [0.15, 0.2) is 30.8 Å². The quantitative estimate of drug-likeness (QED) is 0.722. The topological polar surface area (TPSA) is 29.3 Å². The van der Waals surface area contributed by atoms with Gasteiger partial charge in [0, 0.05) is 24.5 Å². The summed E-state index contributed by atoms with van der Waals surface area (Å²) in [5, 5.41) is 0. The maximum atomic E-state index is 5.64. The van der Waals surface area contributed by atoms with Gasteiger partial charge in [-0.15, -0.1) is 0 Å². The average Bonchev–Trinajstić information content (AvgIpc) is 2.71. The molecule has 1 aliphatic rings. The highest BCUT2D eigenvalue weighted by atomic mass is 15.1. The van der Waals surface area contributed by atoms with Gasteiger partial charge < -0.3 is 10.6 Å². The first kappa shape index (κ1) is 9.13. The summed E-state index contributed by atoms with van der Waals surface area (Å²) in [6.45, 7) is 6.41. The van der Waals surface area contributed by atoms with Gasteiger partial charge in [0.15, 0.2) is 0 Å². The molecule has 0 spiro atoms.